The van der Waals surface area contributed by atoms with Crippen LogP contribution in [0.3, 0.4) is 0 Å². The van der Waals surface area contributed by atoms with E-state index >= 15 is 0 Å². The Morgan fingerprint density at radius 1 is 1.06 bits per heavy atom. The van der Waals surface area contributed by atoms with Crippen molar-refractivity contribution in [2.75, 3.05) is 13.7 Å². The first-order valence-corrected chi connectivity index (χ1v) is 10.7. The molecule has 168 valence electrons. The average Bonchev–Trinajstić information content (AvgIpc) is 2.74. The highest BCUT2D eigenvalue weighted by Crippen LogP contribution is 2.20. The highest BCUT2D eigenvalue weighted by Gasteiger charge is 2.29. The Labute approximate surface area is 185 Å². The van der Waals surface area contributed by atoms with Crippen LogP contribution in [0, 0.1) is 13.8 Å². The van der Waals surface area contributed by atoms with E-state index in [0.29, 0.717) is 18.7 Å². The fraction of sp³-hybridized carbons (Fsp3) is 0.440. The molecule has 0 saturated carbocycles. The Hall–Kier alpha value is -3.02. The summed E-state index contributed by atoms with van der Waals surface area (Å²) in [6.07, 6.45) is 0.504. The van der Waals surface area contributed by atoms with Crippen molar-refractivity contribution in [2.24, 2.45) is 0 Å². The molecule has 0 heterocycles. The van der Waals surface area contributed by atoms with Gasteiger partial charge >= 0.3 is 0 Å². The number of hydrogen-bond donors (Lipinski definition) is 1. The molecule has 0 radical (unpaired) electrons. The number of amides is 2. The van der Waals surface area contributed by atoms with Crippen molar-refractivity contribution in [1.29, 1.82) is 0 Å². The third-order valence-electron chi connectivity index (χ3n) is 5.02. The highest BCUT2D eigenvalue weighted by atomic mass is 16.5. The van der Waals surface area contributed by atoms with Gasteiger partial charge in [0.05, 0.1) is 7.11 Å². The fourth-order valence-corrected chi connectivity index (χ4v) is 3.31. The van der Waals surface area contributed by atoms with Gasteiger partial charge in [0.15, 0.2) is 6.61 Å². The summed E-state index contributed by atoms with van der Waals surface area (Å²) < 4.78 is 11.1. The Kier molecular flexibility index (Phi) is 8.91. The van der Waals surface area contributed by atoms with Gasteiger partial charge in [-0.05, 0) is 69.0 Å². The first kappa shape index (κ1) is 24.3. The predicted octanol–water partition coefficient (Wildman–Crippen LogP) is 4.02. The predicted molar refractivity (Wildman–Crippen MR) is 122 cm³/mol. The number of methoxy groups -OCH3 is 1. The van der Waals surface area contributed by atoms with Crippen LogP contribution in [0.2, 0.25) is 0 Å². The van der Waals surface area contributed by atoms with E-state index in [2.05, 4.69) is 5.32 Å². The molecule has 1 N–H and O–H groups in total. The number of nitrogens with one attached hydrogen (secondary N) is 1. The van der Waals surface area contributed by atoms with E-state index in [-0.39, 0.29) is 24.5 Å². The van der Waals surface area contributed by atoms with E-state index in [0.717, 1.165) is 22.4 Å². The molecule has 2 aromatic carbocycles. The Morgan fingerprint density at radius 3 is 2.32 bits per heavy atom. The van der Waals surface area contributed by atoms with E-state index in [9.17, 15) is 9.59 Å². The zero-order chi connectivity index (χ0) is 23.0. The molecule has 2 rings (SSSR count). The van der Waals surface area contributed by atoms with Crippen LogP contribution in [0.15, 0.2) is 42.5 Å². The summed E-state index contributed by atoms with van der Waals surface area (Å²) in [6, 6.07) is 12.8. The van der Waals surface area contributed by atoms with Gasteiger partial charge in [0, 0.05) is 12.6 Å². The minimum atomic E-state index is -0.584. The SMILES string of the molecule is CCC(C(=O)NC(C)C)N(Cc1ccc(OC)cc1)C(=O)COc1cc(C)ccc1C. The van der Waals surface area contributed by atoms with Crippen molar-refractivity contribution in [2.45, 2.75) is 59.7 Å². The van der Waals surface area contributed by atoms with Crippen LogP contribution >= 0.6 is 0 Å². The van der Waals surface area contributed by atoms with Crippen molar-refractivity contribution in [3.8, 4) is 11.5 Å². The molecule has 0 aromatic heterocycles. The molecular formula is C25H34N2O4. The number of rotatable bonds is 10. The van der Waals surface area contributed by atoms with Gasteiger partial charge in [-0.25, -0.2) is 0 Å². The monoisotopic (exact) mass is 426 g/mol. The second-order valence-electron chi connectivity index (χ2n) is 8.01. The lowest BCUT2D eigenvalue weighted by atomic mass is 10.1. The molecule has 6 heteroatoms. The minimum Gasteiger partial charge on any atom is -0.497 e. The molecule has 0 saturated heterocycles. The molecule has 0 spiro atoms. The second-order valence-corrected chi connectivity index (χ2v) is 8.01. The third-order valence-corrected chi connectivity index (χ3v) is 5.02. The number of carbonyl (C=O) groups is 2. The molecule has 2 amide bonds. The van der Waals surface area contributed by atoms with Crippen LogP contribution in [0.5, 0.6) is 11.5 Å². The normalized spacial score (nSPS) is 11.7. The molecule has 0 bridgehead atoms. The molecule has 0 aliphatic carbocycles. The van der Waals surface area contributed by atoms with Crippen LogP contribution in [-0.2, 0) is 16.1 Å². The molecule has 1 unspecified atom stereocenters. The summed E-state index contributed by atoms with van der Waals surface area (Å²) in [4.78, 5) is 27.7. The van der Waals surface area contributed by atoms with Crippen molar-refractivity contribution < 1.29 is 19.1 Å². The number of carbonyl (C=O) groups excluding carboxylic acids is 2. The van der Waals surface area contributed by atoms with Gasteiger partial charge in [-0.2, -0.15) is 0 Å². The van der Waals surface area contributed by atoms with Gasteiger partial charge in [0.2, 0.25) is 5.91 Å². The molecule has 0 fully saturated rings. The Balaban J connectivity index is 2.24. The maximum Gasteiger partial charge on any atom is 0.261 e. The number of nitrogens with zero attached hydrogens (tertiary/aromatic N) is 1. The lowest BCUT2D eigenvalue weighted by Crippen LogP contribution is -2.51. The molecule has 6 nitrogen and oxygen atoms in total. The lowest BCUT2D eigenvalue weighted by Gasteiger charge is -2.31. The fourth-order valence-electron chi connectivity index (χ4n) is 3.31. The van der Waals surface area contributed by atoms with Crippen molar-refractivity contribution in [3.63, 3.8) is 0 Å². The van der Waals surface area contributed by atoms with Crippen LogP contribution in [-0.4, -0.2) is 42.5 Å². The first-order chi connectivity index (χ1) is 14.7. The Morgan fingerprint density at radius 2 is 1.74 bits per heavy atom. The molecule has 31 heavy (non-hydrogen) atoms. The second kappa shape index (κ2) is 11.4. The van der Waals surface area contributed by atoms with Gasteiger partial charge in [-0.15, -0.1) is 0 Å². The van der Waals surface area contributed by atoms with E-state index in [1.807, 2.05) is 77.1 Å². The summed E-state index contributed by atoms with van der Waals surface area (Å²) in [5.41, 5.74) is 2.94. The summed E-state index contributed by atoms with van der Waals surface area (Å²) >= 11 is 0. The topological polar surface area (TPSA) is 67.9 Å². The van der Waals surface area contributed by atoms with Crippen LogP contribution in [0.4, 0.5) is 0 Å². The molecular weight excluding hydrogens is 392 g/mol. The molecule has 1 atom stereocenters. The lowest BCUT2D eigenvalue weighted by molar-refractivity contribution is -0.143. The Bertz CT molecular complexity index is 878. The van der Waals surface area contributed by atoms with Crippen LogP contribution < -0.4 is 14.8 Å². The maximum atomic E-state index is 13.2. The highest BCUT2D eigenvalue weighted by molar-refractivity contribution is 5.88. The summed E-state index contributed by atoms with van der Waals surface area (Å²) in [5.74, 6) is 1.02. The first-order valence-electron chi connectivity index (χ1n) is 10.7. The standard InChI is InChI=1S/C25H34N2O4/c1-7-22(25(29)26-17(2)3)27(15-20-10-12-21(30-6)13-11-20)24(28)16-31-23-14-18(4)8-9-19(23)5/h8-14,17,22H,7,15-16H2,1-6H3,(H,26,29). The zero-order valence-corrected chi connectivity index (χ0v) is 19.4. The zero-order valence-electron chi connectivity index (χ0n) is 19.4. The molecule has 0 aliphatic heterocycles. The molecule has 0 aliphatic rings. The third kappa shape index (κ3) is 7.02. The number of ether oxygens (including phenoxy) is 2. The van der Waals surface area contributed by atoms with Crippen LogP contribution in [0.1, 0.15) is 43.9 Å². The van der Waals surface area contributed by atoms with Gasteiger partial charge in [0.25, 0.3) is 5.91 Å². The van der Waals surface area contributed by atoms with Crippen molar-refractivity contribution in [3.05, 3.63) is 59.2 Å². The quantitative estimate of drug-likeness (QED) is 0.623. The smallest absolute Gasteiger partial charge is 0.261 e. The van der Waals surface area contributed by atoms with E-state index in [1.165, 1.54) is 0 Å². The van der Waals surface area contributed by atoms with E-state index < -0.39 is 6.04 Å². The van der Waals surface area contributed by atoms with Crippen molar-refractivity contribution >= 4 is 11.8 Å². The van der Waals surface area contributed by atoms with E-state index in [4.69, 9.17) is 9.47 Å². The average molecular weight is 427 g/mol. The van der Waals surface area contributed by atoms with Gasteiger partial charge < -0.3 is 19.7 Å². The minimum absolute atomic E-state index is 0.00863. The summed E-state index contributed by atoms with van der Waals surface area (Å²) in [6.45, 7) is 9.82. The number of benzene rings is 2. The number of aryl methyl sites for hydroxylation is 2. The van der Waals surface area contributed by atoms with Crippen LogP contribution in [0.25, 0.3) is 0 Å². The summed E-state index contributed by atoms with van der Waals surface area (Å²) in [5, 5.41) is 2.93. The van der Waals surface area contributed by atoms with Gasteiger partial charge in [0.1, 0.15) is 17.5 Å². The van der Waals surface area contributed by atoms with E-state index in [1.54, 1.807) is 12.0 Å². The van der Waals surface area contributed by atoms with Crippen molar-refractivity contribution in [1.82, 2.24) is 10.2 Å². The maximum absolute atomic E-state index is 13.2. The van der Waals surface area contributed by atoms with Gasteiger partial charge in [-0.1, -0.05) is 31.2 Å². The number of hydrogen-bond acceptors (Lipinski definition) is 4. The molecule has 2 aromatic rings. The largest absolute Gasteiger partial charge is 0.497 e. The van der Waals surface area contributed by atoms with Gasteiger partial charge in [-0.3, -0.25) is 9.59 Å². The summed E-state index contributed by atoms with van der Waals surface area (Å²) in [7, 11) is 1.61.